The first-order valence-corrected chi connectivity index (χ1v) is 11.6. The Bertz CT molecular complexity index is 834. The minimum Gasteiger partial charge on any atom is -0.334 e. The molecule has 2 amide bonds. The SMILES string of the molecule is CCS(=O)(=O)c1cccc(CNC(=O)NC2CCC(C)S(=O)(=O)C2)c1. The molecule has 1 aromatic rings. The van der Waals surface area contributed by atoms with Crippen molar-refractivity contribution in [1.82, 2.24) is 10.6 Å². The van der Waals surface area contributed by atoms with Gasteiger partial charge in [0.2, 0.25) is 0 Å². The minimum atomic E-state index is -3.30. The van der Waals surface area contributed by atoms with Gasteiger partial charge in [-0.05, 0) is 37.5 Å². The molecule has 2 rings (SSSR count). The van der Waals surface area contributed by atoms with Gasteiger partial charge in [-0.2, -0.15) is 0 Å². The van der Waals surface area contributed by atoms with Crippen molar-refractivity contribution in [3.8, 4) is 0 Å². The normalized spacial score (nSPS) is 23.0. The molecule has 1 aromatic carbocycles. The smallest absolute Gasteiger partial charge is 0.315 e. The molecule has 1 heterocycles. The lowest BCUT2D eigenvalue weighted by Gasteiger charge is -2.27. The molecule has 25 heavy (non-hydrogen) atoms. The summed E-state index contributed by atoms with van der Waals surface area (Å²) in [5, 5.41) is 4.95. The molecule has 1 fully saturated rings. The maximum atomic E-state index is 12.0. The van der Waals surface area contributed by atoms with Gasteiger partial charge in [0.1, 0.15) is 0 Å². The van der Waals surface area contributed by atoms with Crippen LogP contribution < -0.4 is 10.6 Å². The summed E-state index contributed by atoms with van der Waals surface area (Å²) in [6.45, 7) is 3.42. The van der Waals surface area contributed by atoms with E-state index in [0.29, 0.717) is 18.4 Å². The molecule has 0 bridgehead atoms. The molecule has 0 radical (unpaired) electrons. The number of nitrogens with one attached hydrogen (secondary N) is 2. The fourth-order valence-electron chi connectivity index (χ4n) is 2.69. The molecule has 0 aliphatic carbocycles. The van der Waals surface area contributed by atoms with Crippen LogP contribution in [0.25, 0.3) is 0 Å². The molecule has 140 valence electrons. The summed E-state index contributed by atoms with van der Waals surface area (Å²) in [4.78, 5) is 12.2. The van der Waals surface area contributed by atoms with Crippen LogP contribution in [-0.4, -0.2) is 45.7 Å². The summed E-state index contributed by atoms with van der Waals surface area (Å²) in [6.07, 6.45) is 1.16. The highest BCUT2D eigenvalue weighted by molar-refractivity contribution is 7.92. The summed E-state index contributed by atoms with van der Waals surface area (Å²) in [7, 11) is -6.45. The van der Waals surface area contributed by atoms with E-state index in [1.807, 2.05) is 0 Å². The number of carbonyl (C=O) groups excluding carboxylic acids is 1. The minimum absolute atomic E-state index is 0.0128. The number of hydrogen-bond acceptors (Lipinski definition) is 5. The predicted molar refractivity (Wildman–Crippen MR) is 95.8 cm³/mol. The van der Waals surface area contributed by atoms with Crippen LogP contribution in [0.5, 0.6) is 0 Å². The Labute approximate surface area is 149 Å². The van der Waals surface area contributed by atoms with Crippen LogP contribution in [0.2, 0.25) is 0 Å². The standard InChI is InChI=1S/C16H24N2O5S2/c1-3-24(20,21)15-6-4-5-13(9-15)10-17-16(19)18-14-8-7-12(2)25(22,23)11-14/h4-6,9,12,14H,3,7-8,10-11H2,1-2H3,(H2,17,18,19). The first-order chi connectivity index (χ1) is 11.6. The molecule has 0 spiro atoms. The Kier molecular flexibility index (Phi) is 6.10. The van der Waals surface area contributed by atoms with E-state index < -0.39 is 31.7 Å². The second kappa shape index (κ2) is 7.74. The highest BCUT2D eigenvalue weighted by Crippen LogP contribution is 2.19. The van der Waals surface area contributed by atoms with Gasteiger partial charge in [-0.15, -0.1) is 0 Å². The number of amides is 2. The molecular weight excluding hydrogens is 364 g/mol. The quantitative estimate of drug-likeness (QED) is 0.789. The Morgan fingerprint density at radius 3 is 2.64 bits per heavy atom. The molecule has 2 unspecified atom stereocenters. The molecule has 7 nitrogen and oxygen atoms in total. The van der Waals surface area contributed by atoms with Crippen molar-refractivity contribution in [3.63, 3.8) is 0 Å². The van der Waals surface area contributed by atoms with Gasteiger partial charge in [-0.1, -0.05) is 19.1 Å². The van der Waals surface area contributed by atoms with Crippen molar-refractivity contribution in [2.24, 2.45) is 0 Å². The second-order valence-corrected chi connectivity index (χ2v) is 11.0. The molecule has 2 N–H and O–H groups in total. The average molecular weight is 389 g/mol. The van der Waals surface area contributed by atoms with E-state index in [-0.39, 0.29) is 28.2 Å². The summed E-state index contributed by atoms with van der Waals surface area (Å²) in [6, 6.07) is 5.56. The first kappa shape index (κ1) is 19.7. The second-order valence-electron chi connectivity index (χ2n) is 6.29. The third-order valence-electron chi connectivity index (χ3n) is 4.39. The van der Waals surface area contributed by atoms with Gasteiger partial charge in [-0.3, -0.25) is 0 Å². The maximum absolute atomic E-state index is 12.0. The number of urea groups is 1. The van der Waals surface area contributed by atoms with Gasteiger partial charge in [0.25, 0.3) is 0 Å². The van der Waals surface area contributed by atoms with E-state index in [0.717, 1.165) is 0 Å². The molecule has 1 aliphatic rings. The van der Waals surface area contributed by atoms with Crippen LogP contribution in [-0.2, 0) is 26.2 Å². The van der Waals surface area contributed by atoms with E-state index in [1.165, 1.54) is 12.1 Å². The lowest BCUT2D eigenvalue weighted by molar-refractivity contribution is 0.236. The Morgan fingerprint density at radius 2 is 2.00 bits per heavy atom. The molecule has 1 saturated heterocycles. The van der Waals surface area contributed by atoms with Crippen molar-refractivity contribution in [3.05, 3.63) is 29.8 Å². The van der Waals surface area contributed by atoms with E-state index in [1.54, 1.807) is 26.0 Å². The van der Waals surface area contributed by atoms with Gasteiger partial charge < -0.3 is 10.6 Å². The number of sulfone groups is 2. The van der Waals surface area contributed by atoms with E-state index >= 15 is 0 Å². The highest BCUT2D eigenvalue weighted by Gasteiger charge is 2.31. The molecular formula is C16H24N2O5S2. The monoisotopic (exact) mass is 388 g/mol. The summed E-state index contributed by atoms with van der Waals surface area (Å²) in [5.74, 6) is -0.0369. The third kappa shape index (κ3) is 5.18. The van der Waals surface area contributed by atoms with Crippen molar-refractivity contribution in [1.29, 1.82) is 0 Å². The van der Waals surface area contributed by atoms with E-state index in [2.05, 4.69) is 10.6 Å². The number of rotatable bonds is 5. The van der Waals surface area contributed by atoms with Crippen LogP contribution in [0.1, 0.15) is 32.3 Å². The fraction of sp³-hybridized carbons (Fsp3) is 0.562. The fourth-order valence-corrected chi connectivity index (χ4v) is 5.28. The summed E-state index contributed by atoms with van der Waals surface area (Å²) < 4.78 is 47.5. The highest BCUT2D eigenvalue weighted by atomic mass is 32.2. The molecule has 0 aromatic heterocycles. The summed E-state index contributed by atoms with van der Waals surface area (Å²) in [5.41, 5.74) is 0.662. The predicted octanol–water partition coefficient (Wildman–Crippen LogP) is 1.25. The number of benzene rings is 1. The van der Waals surface area contributed by atoms with Gasteiger partial charge >= 0.3 is 6.03 Å². The first-order valence-electron chi connectivity index (χ1n) is 8.21. The average Bonchev–Trinajstić information content (AvgIpc) is 2.56. The zero-order valence-corrected chi connectivity index (χ0v) is 16.0. The van der Waals surface area contributed by atoms with Gasteiger partial charge in [-0.25, -0.2) is 21.6 Å². The third-order valence-corrected chi connectivity index (χ3v) is 8.46. The largest absolute Gasteiger partial charge is 0.334 e. The van der Waals surface area contributed by atoms with Gasteiger partial charge in [0, 0.05) is 12.6 Å². The van der Waals surface area contributed by atoms with Crippen LogP contribution >= 0.6 is 0 Å². The molecule has 2 atom stereocenters. The lowest BCUT2D eigenvalue weighted by atomic mass is 10.1. The topological polar surface area (TPSA) is 109 Å². The zero-order valence-electron chi connectivity index (χ0n) is 14.4. The van der Waals surface area contributed by atoms with Crippen molar-refractivity contribution >= 4 is 25.7 Å². The van der Waals surface area contributed by atoms with Gasteiger partial charge in [0.05, 0.1) is 21.7 Å². The molecule has 1 aliphatic heterocycles. The van der Waals surface area contributed by atoms with Crippen LogP contribution in [0.4, 0.5) is 4.79 Å². The Morgan fingerprint density at radius 1 is 1.28 bits per heavy atom. The molecule has 0 saturated carbocycles. The van der Waals surface area contributed by atoms with Crippen LogP contribution in [0, 0.1) is 0 Å². The Balaban J connectivity index is 1.92. The molecule has 9 heteroatoms. The van der Waals surface area contributed by atoms with Crippen LogP contribution in [0.3, 0.4) is 0 Å². The van der Waals surface area contributed by atoms with Crippen molar-refractivity contribution in [2.75, 3.05) is 11.5 Å². The lowest BCUT2D eigenvalue weighted by Crippen LogP contribution is -2.48. The van der Waals surface area contributed by atoms with Crippen molar-refractivity contribution in [2.45, 2.75) is 49.4 Å². The van der Waals surface area contributed by atoms with E-state index in [4.69, 9.17) is 0 Å². The Hall–Kier alpha value is -1.61. The number of carbonyl (C=O) groups is 1. The van der Waals surface area contributed by atoms with E-state index in [9.17, 15) is 21.6 Å². The number of hydrogen-bond donors (Lipinski definition) is 2. The zero-order chi connectivity index (χ0) is 18.7. The van der Waals surface area contributed by atoms with Crippen LogP contribution in [0.15, 0.2) is 29.2 Å². The maximum Gasteiger partial charge on any atom is 0.315 e. The van der Waals surface area contributed by atoms with Gasteiger partial charge in [0.15, 0.2) is 19.7 Å². The summed E-state index contributed by atoms with van der Waals surface area (Å²) >= 11 is 0. The van der Waals surface area contributed by atoms with Crippen molar-refractivity contribution < 1.29 is 21.6 Å².